The molecule has 1 atom stereocenters. The number of nitrogens with one attached hydrogen (secondary N) is 3. The van der Waals surface area contributed by atoms with Crippen LogP contribution in [0.5, 0.6) is 5.75 Å². The van der Waals surface area contributed by atoms with E-state index in [1.54, 1.807) is 25.3 Å². The zero-order valence-corrected chi connectivity index (χ0v) is 16.4. The zero-order chi connectivity index (χ0) is 20.8. The van der Waals surface area contributed by atoms with Crippen molar-refractivity contribution in [2.75, 3.05) is 17.7 Å². The first-order valence-electron chi connectivity index (χ1n) is 8.57. The molecule has 3 rings (SSSR count). The average molecular weight is 415 g/mol. The third kappa shape index (κ3) is 5.26. The number of benzene rings is 2. The van der Waals surface area contributed by atoms with Crippen LogP contribution in [0.2, 0.25) is 0 Å². The van der Waals surface area contributed by atoms with Crippen LogP contribution >= 0.6 is 11.3 Å². The number of hydrogen-bond acceptors (Lipinski definition) is 6. The minimum absolute atomic E-state index is 0.0193. The molecule has 3 N–H and O–H groups in total. The molecule has 8 nitrogen and oxygen atoms in total. The molecule has 0 saturated heterocycles. The number of carbonyl (C=O) groups excluding carboxylic acids is 2. The van der Waals surface area contributed by atoms with Crippen LogP contribution in [0.4, 0.5) is 20.0 Å². The molecule has 0 unspecified atom stereocenters. The van der Waals surface area contributed by atoms with Crippen molar-refractivity contribution in [3.05, 3.63) is 54.3 Å². The summed E-state index contributed by atoms with van der Waals surface area (Å²) in [7, 11) is 1.58. The van der Waals surface area contributed by atoms with Crippen LogP contribution in [0, 0.1) is 5.82 Å². The highest BCUT2D eigenvalue weighted by atomic mass is 32.1. The van der Waals surface area contributed by atoms with Gasteiger partial charge in [-0.05, 0) is 43.3 Å². The molecule has 0 fully saturated rings. The number of urea groups is 1. The Balaban J connectivity index is 1.56. The Morgan fingerprint density at radius 2 is 1.79 bits per heavy atom. The summed E-state index contributed by atoms with van der Waals surface area (Å²) in [5.41, 5.74) is 0.852. The summed E-state index contributed by atoms with van der Waals surface area (Å²) in [5.74, 6) is -0.328. The van der Waals surface area contributed by atoms with E-state index in [-0.39, 0.29) is 5.69 Å². The Morgan fingerprint density at radius 1 is 1.07 bits per heavy atom. The normalized spacial score (nSPS) is 11.4. The Hall–Kier alpha value is -3.53. The first-order chi connectivity index (χ1) is 14.0. The predicted molar refractivity (Wildman–Crippen MR) is 109 cm³/mol. The molecule has 0 saturated carbocycles. The molecule has 0 radical (unpaired) electrons. The molecular weight excluding hydrogens is 397 g/mol. The Morgan fingerprint density at radius 3 is 2.48 bits per heavy atom. The van der Waals surface area contributed by atoms with Gasteiger partial charge in [-0.1, -0.05) is 23.5 Å². The van der Waals surface area contributed by atoms with E-state index >= 15 is 0 Å². The molecule has 0 spiro atoms. The van der Waals surface area contributed by atoms with Crippen molar-refractivity contribution in [1.29, 1.82) is 0 Å². The maximum Gasteiger partial charge on any atom is 0.319 e. The Labute approximate surface area is 170 Å². The van der Waals surface area contributed by atoms with E-state index in [2.05, 4.69) is 26.1 Å². The fourth-order valence-electron chi connectivity index (χ4n) is 2.32. The summed E-state index contributed by atoms with van der Waals surface area (Å²) in [5, 5.41) is 16.3. The molecule has 0 aliphatic carbocycles. The van der Waals surface area contributed by atoms with Crippen LogP contribution in [0.25, 0.3) is 10.6 Å². The third-order valence-corrected chi connectivity index (χ3v) is 4.74. The van der Waals surface area contributed by atoms with Crippen LogP contribution in [0.3, 0.4) is 0 Å². The van der Waals surface area contributed by atoms with Gasteiger partial charge < -0.3 is 15.4 Å². The van der Waals surface area contributed by atoms with Crippen molar-refractivity contribution in [1.82, 2.24) is 15.5 Å². The van der Waals surface area contributed by atoms with E-state index in [0.717, 1.165) is 11.3 Å². The molecule has 150 valence electrons. The van der Waals surface area contributed by atoms with Gasteiger partial charge in [0.15, 0.2) is 0 Å². The molecule has 1 heterocycles. The third-order valence-electron chi connectivity index (χ3n) is 3.86. The standard InChI is InChI=1S/C19H18FN5O3S/c1-11(21-18(27)22-15-6-4-3-5-14(15)20)16(26)23-19-25-24-17(29-19)12-7-9-13(28-2)10-8-12/h3-11H,1-2H3,(H2,21,22,27)(H,23,25,26)/t11-/m0/s1. The molecular formula is C19H18FN5O3S. The smallest absolute Gasteiger partial charge is 0.319 e. The molecule has 0 aliphatic heterocycles. The maximum absolute atomic E-state index is 13.6. The van der Waals surface area contributed by atoms with Crippen LogP contribution in [0.1, 0.15) is 6.92 Å². The number of anilines is 2. The highest BCUT2D eigenvalue weighted by molar-refractivity contribution is 7.18. The molecule has 1 aromatic heterocycles. The van der Waals surface area contributed by atoms with Gasteiger partial charge in [0.2, 0.25) is 11.0 Å². The van der Waals surface area contributed by atoms with Gasteiger partial charge in [-0.2, -0.15) is 0 Å². The Bertz CT molecular complexity index is 1010. The van der Waals surface area contributed by atoms with Gasteiger partial charge in [-0.15, -0.1) is 10.2 Å². The summed E-state index contributed by atoms with van der Waals surface area (Å²) in [6.07, 6.45) is 0. The van der Waals surface area contributed by atoms with Gasteiger partial charge in [0.1, 0.15) is 22.6 Å². The molecule has 29 heavy (non-hydrogen) atoms. The summed E-state index contributed by atoms with van der Waals surface area (Å²) in [6.45, 7) is 1.50. The number of para-hydroxylation sites is 1. The number of rotatable bonds is 6. The first-order valence-corrected chi connectivity index (χ1v) is 9.38. The number of halogens is 1. The summed E-state index contributed by atoms with van der Waals surface area (Å²) < 4.78 is 18.7. The fourth-order valence-corrected chi connectivity index (χ4v) is 3.07. The molecule has 2 aromatic carbocycles. The van der Waals surface area contributed by atoms with Gasteiger partial charge in [0, 0.05) is 5.56 Å². The lowest BCUT2D eigenvalue weighted by Crippen LogP contribution is -2.43. The van der Waals surface area contributed by atoms with Crippen molar-refractivity contribution in [2.24, 2.45) is 0 Å². The van der Waals surface area contributed by atoms with Gasteiger partial charge in [0.25, 0.3) is 0 Å². The summed E-state index contributed by atoms with van der Waals surface area (Å²) in [6, 6.07) is 11.4. The number of hydrogen-bond donors (Lipinski definition) is 3. The van der Waals surface area contributed by atoms with Crippen molar-refractivity contribution < 1.29 is 18.7 Å². The molecule has 0 bridgehead atoms. The zero-order valence-electron chi connectivity index (χ0n) is 15.6. The quantitative estimate of drug-likeness (QED) is 0.571. The van der Waals surface area contributed by atoms with E-state index in [0.29, 0.717) is 10.1 Å². The number of aromatic nitrogens is 2. The van der Waals surface area contributed by atoms with E-state index in [1.807, 2.05) is 12.1 Å². The predicted octanol–water partition coefficient (Wildman–Crippen LogP) is 3.50. The number of nitrogens with zero attached hydrogens (tertiary/aromatic N) is 2. The number of carbonyl (C=O) groups is 2. The minimum Gasteiger partial charge on any atom is -0.497 e. The van der Waals surface area contributed by atoms with E-state index < -0.39 is 23.8 Å². The average Bonchev–Trinajstić information content (AvgIpc) is 3.18. The lowest BCUT2D eigenvalue weighted by molar-refractivity contribution is -0.117. The van der Waals surface area contributed by atoms with Gasteiger partial charge in [-0.25, -0.2) is 9.18 Å². The molecule has 10 heteroatoms. The topological polar surface area (TPSA) is 105 Å². The van der Waals surface area contributed by atoms with E-state index in [4.69, 9.17) is 4.74 Å². The summed E-state index contributed by atoms with van der Waals surface area (Å²) >= 11 is 1.20. The number of methoxy groups -OCH3 is 1. The van der Waals surface area contributed by atoms with Crippen LogP contribution in [-0.4, -0.2) is 35.3 Å². The van der Waals surface area contributed by atoms with Crippen molar-refractivity contribution in [3.8, 4) is 16.3 Å². The highest BCUT2D eigenvalue weighted by Gasteiger charge is 2.18. The molecule has 0 aliphatic rings. The molecule has 3 amide bonds. The monoisotopic (exact) mass is 415 g/mol. The second-order valence-corrected chi connectivity index (χ2v) is 6.91. The van der Waals surface area contributed by atoms with Gasteiger partial charge in [-0.3, -0.25) is 10.1 Å². The lowest BCUT2D eigenvalue weighted by Gasteiger charge is -2.13. The second kappa shape index (κ2) is 9.11. The largest absolute Gasteiger partial charge is 0.497 e. The number of amides is 3. The lowest BCUT2D eigenvalue weighted by atomic mass is 10.2. The maximum atomic E-state index is 13.6. The van der Waals surface area contributed by atoms with E-state index in [9.17, 15) is 14.0 Å². The number of ether oxygens (including phenoxy) is 1. The van der Waals surface area contributed by atoms with Crippen molar-refractivity contribution in [2.45, 2.75) is 13.0 Å². The van der Waals surface area contributed by atoms with Gasteiger partial charge in [0.05, 0.1) is 12.8 Å². The summed E-state index contributed by atoms with van der Waals surface area (Å²) in [4.78, 5) is 24.3. The minimum atomic E-state index is -0.880. The van der Waals surface area contributed by atoms with E-state index in [1.165, 1.54) is 36.5 Å². The van der Waals surface area contributed by atoms with Crippen LogP contribution in [-0.2, 0) is 4.79 Å². The van der Waals surface area contributed by atoms with Crippen molar-refractivity contribution in [3.63, 3.8) is 0 Å². The van der Waals surface area contributed by atoms with Crippen LogP contribution in [0.15, 0.2) is 48.5 Å². The SMILES string of the molecule is COc1ccc(-c2nnc(NC(=O)[C@H](C)NC(=O)Nc3ccccc3F)s2)cc1. The fraction of sp³-hybridized carbons (Fsp3) is 0.158. The second-order valence-electron chi connectivity index (χ2n) is 5.93. The first kappa shape index (κ1) is 20.2. The van der Waals surface area contributed by atoms with Crippen LogP contribution < -0.4 is 20.7 Å². The van der Waals surface area contributed by atoms with Gasteiger partial charge >= 0.3 is 6.03 Å². The van der Waals surface area contributed by atoms with Crippen molar-refractivity contribution >= 4 is 34.1 Å². The highest BCUT2D eigenvalue weighted by Crippen LogP contribution is 2.27. The molecule has 3 aromatic rings. The Kier molecular flexibility index (Phi) is 6.35.